The molecule has 0 aromatic heterocycles. The minimum absolute atomic E-state index is 0.0494. The number of nitrogens with zero attached hydrogens (tertiary/aromatic N) is 2. The first kappa shape index (κ1) is 16.7. The van der Waals surface area contributed by atoms with E-state index in [1.807, 2.05) is 25.2 Å². The lowest BCUT2D eigenvalue weighted by Crippen LogP contribution is -2.47. The first-order valence-electron chi connectivity index (χ1n) is 7.59. The smallest absolute Gasteiger partial charge is 0.317 e. The average molecular weight is 304 g/mol. The third-order valence-corrected chi connectivity index (χ3v) is 3.62. The zero-order chi connectivity index (χ0) is 15.8. The molecular weight excluding hydrogens is 280 g/mol. The molecule has 22 heavy (non-hydrogen) atoms. The van der Waals surface area contributed by atoms with E-state index in [0.717, 1.165) is 19.6 Å². The average Bonchev–Trinajstić information content (AvgIpc) is 2.48. The van der Waals surface area contributed by atoms with Crippen molar-refractivity contribution in [3.05, 3.63) is 42.0 Å². The van der Waals surface area contributed by atoms with Gasteiger partial charge in [-0.05, 0) is 12.6 Å². The summed E-state index contributed by atoms with van der Waals surface area (Å²) in [4.78, 5) is 14.8. The van der Waals surface area contributed by atoms with Crippen LogP contribution in [0.4, 0.5) is 0 Å². The minimum atomic E-state index is -0.805. The molecule has 5 heteroatoms. The van der Waals surface area contributed by atoms with E-state index >= 15 is 0 Å². The van der Waals surface area contributed by atoms with Crippen molar-refractivity contribution in [2.75, 3.05) is 46.4 Å². The van der Waals surface area contributed by atoms with Gasteiger partial charge >= 0.3 is 5.97 Å². The van der Waals surface area contributed by atoms with E-state index in [4.69, 9.17) is 9.84 Å². The molecule has 0 amide bonds. The Balaban J connectivity index is 1.76. The van der Waals surface area contributed by atoms with Gasteiger partial charge in [0.15, 0.2) is 0 Å². The summed E-state index contributed by atoms with van der Waals surface area (Å²) in [5.74, 6) is -0.805. The van der Waals surface area contributed by atoms with Crippen LogP contribution in [0.15, 0.2) is 36.4 Å². The van der Waals surface area contributed by atoms with Crippen LogP contribution in [0, 0.1) is 0 Å². The molecule has 1 atom stereocenters. The topological polar surface area (TPSA) is 53.0 Å². The van der Waals surface area contributed by atoms with Gasteiger partial charge in [0.25, 0.3) is 0 Å². The maximum Gasteiger partial charge on any atom is 0.317 e. The van der Waals surface area contributed by atoms with Crippen molar-refractivity contribution < 1.29 is 14.6 Å². The van der Waals surface area contributed by atoms with Crippen LogP contribution in [-0.2, 0) is 9.53 Å². The van der Waals surface area contributed by atoms with E-state index in [9.17, 15) is 4.79 Å². The summed E-state index contributed by atoms with van der Waals surface area (Å²) in [6, 6.07) is 10.2. The highest BCUT2D eigenvalue weighted by molar-refractivity contribution is 5.69. The zero-order valence-electron chi connectivity index (χ0n) is 13.0. The number of carbonyl (C=O) groups is 1. The number of morpholine rings is 1. The fraction of sp³-hybridized carbons (Fsp3) is 0.471. The molecule has 0 spiro atoms. The van der Waals surface area contributed by atoms with Crippen molar-refractivity contribution in [3.8, 4) is 0 Å². The summed E-state index contributed by atoms with van der Waals surface area (Å²) in [6.45, 7) is 4.03. The van der Waals surface area contributed by atoms with Gasteiger partial charge in [0.05, 0.1) is 19.3 Å². The summed E-state index contributed by atoms with van der Waals surface area (Å²) in [5, 5.41) is 8.79. The summed E-state index contributed by atoms with van der Waals surface area (Å²) < 4.78 is 5.72. The van der Waals surface area contributed by atoms with Crippen molar-refractivity contribution in [2.24, 2.45) is 0 Å². The van der Waals surface area contributed by atoms with Gasteiger partial charge < -0.3 is 9.84 Å². The van der Waals surface area contributed by atoms with Crippen LogP contribution in [-0.4, -0.2) is 73.4 Å². The Morgan fingerprint density at radius 2 is 2.23 bits per heavy atom. The molecule has 0 saturated carbocycles. The molecule has 1 saturated heterocycles. The first-order chi connectivity index (χ1) is 10.6. The summed E-state index contributed by atoms with van der Waals surface area (Å²) in [7, 11) is 1.81. The number of rotatable bonds is 7. The molecule has 2 rings (SSSR count). The molecule has 1 N–H and O–H groups in total. The Labute approximate surface area is 131 Å². The van der Waals surface area contributed by atoms with Crippen molar-refractivity contribution in [3.63, 3.8) is 0 Å². The lowest BCUT2D eigenvalue weighted by molar-refractivity contribution is -0.138. The Kier molecular flexibility index (Phi) is 6.58. The molecule has 0 bridgehead atoms. The monoisotopic (exact) mass is 304 g/mol. The molecule has 1 heterocycles. The van der Waals surface area contributed by atoms with Crippen LogP contribution in [0.5, 0.6) is 0 Å². The minimum Gasteiger partial charge on any atom is -0.480 e. The number of hydrogen-bond donors (Lipinski definition) is 1. The Morgan fingerprint density at radius 1 is 1.45 bits per heavy atom. The van der Waals surface area contributed by atoms with Gasteiger partial charge in [0.1, 0.15) is 0 Å². The third kappa shape index (κ3) is 5.97. The zero-order valence-corrected chi connectivity index (χ0v) is 13.0. The highest BCUT2D eigenvalue weighted by atomic mass is 16.5. The molecule has 1 aliphatic rings. The molecule has 1 fully saturated rings. The maximum atomic E-state index is 10.7. The van der Waals surface area contributed by atoms with Gasteiger partial charge in [-0.1, -0.05) is 42.5 Å². The number of aliphatic carboxylic acids is 1. The van der Waals surface area contributed by atoms with Crippen molar-refractivity contribution in [2.45, 2.75) is 6.10 Å². The first-order valence-corrected chi connectivity index (χ1v) is 7.59. The SMILES string of the molecule is CN(CC(=O)O)CC1CN(C/C=C/c2ccccc2)CCO1. The third-order valence-electron chi connectivity index (χ3n) is 3.62. The van der Waals surface area contributed by atoms with Crippen molar-refractivity contribution in [1.82, 2.24) is 9.80 Å². The summed E-state index contributed by atoms with van der Waals surface area (Å²) in [5.41, 5.74) is 1.20. The van der Waals surface area contributed by atoms with Crippen LogP contribution in [0.1, 0.15) is 5.56 Å². The van der Waals surface area contributed by atoms with E-state index in [0.29, 0.717) is 13.2 Å². The molecule has 1 aromatic carbocycles. The Hall–Kier alpha value is -1.69. The highest BCUT2D eigenvalue weighted by Crippen LogP contribution is 2.07. The number of carboxylic acids is 1. The van der Waals surface area contributed by atoms with Crippen LogP contribution in [0.25, 0.3) is 6.08 Å². The van der Waals surface area contributed by atoms with Gasteiger partial charge in [0.2, 0.25) is 0 Å². The fourth-order valence-electron chi connectivity index (χ4n) is 2.60. The second kappa shape index (κ2) is 8.68. The number of ether oxygens (including phenoxy) is 1. The van der Waals surface area contributed by atoms with Gasteiger partial charge in [-0.3, -0.25) is 14.6 Å². The molecular formula is C17H24N2O3. The maximum absolute atomic E-state index is 10.7. The molecule has 0 aliphatic carbocycles. The van der Waals surface area contributed by atoms with Gasteiger partial charge in [-0.25, -0.2) is 0 Å². The number of benzene rings is 1. The molecule has 1 aliphatic heterocycles. The predicted octanol–water partition coefficient (Wildman–Crippen LogP) is 1.42. The quantitative estimate of drug-likeness (QED) is 0.825. The predicted molar refractivity (Wildman–Crippen MR) is 86.8 cm³/mol. The van der Waals surface area contributed by atoms with Crippen molar-refractivity contribution in [1.29, 1.82) is 0 Å². The van der Waals surface area contributed by atoms with Gasteiger partial charge in [-0.2, -0.15) is 0 Å². The van der Waals surface area contributed by atoms with E-state index in [2.05, 4.69) is 29.2 Å². The molecule has 0 radical (unpaired) electrons. The normalized spacial score (nSPS) is 19.8. The lowest BCUT2D eigenvalue weighted by atomic mass is 10.2. The van der Waals surface area contributed by atoms with Crippen LogP contribution in [0.2, 0.25) is 0 Å². The molecule has 1 unspecified atom stereocenters. The lowest BCUT2D eigenvalue weighted by Gasteiger charge is -2.34. The summed E-state index contributed by atoms with van der Waals surface area (Å²) in [6.07, 6.45) is 4.36. The van der Waals surface area contributed by atoms with E-state index in [-0.39, 0.29) is 12.6 Å². The molecule has 120 valence electrons. The van der Waals surface area contributed by atoms with E-state index < -0.39 is 5.97 Å². The van der Waals surface area contributed by atoms with Crippen LogP contribution >= 0.6 is 0 Å². The van der Waals surface area contributed by atoms with E-state index in [1.165, 1.54) is 5.56 Å². The van der Waals surface area contributed by atoms with Gasteiger partial charge in [0, 0.05) is 26.2 Å². The highest BCUT2D eigenvalue weighted by Gasteiger charge is 2.21. The van der Waals surface area contributed by atoms with Gasteiger partial charge in [-0.15, -0.1) is 0 Å². The van der Waals surface area contributed by atoms with E-state index in [1.54, 1.807) is 4.90 Å². The molecule has 1 aromatic rings. The number of likely N-dealkylation sites (N-methyl/N-ethyl adjacent to an activating group) is 1. The Bertz CT molecular complexity index is 490. The second-order valence-electron chi connectivity index (χ2n) is 5.66. The largest absolute Gasteiger partial charge is 0.480 e. The van der Waals surface area contributed by atoms with Crippen molar-refractivity contribution >= 4 is 12.0 Å². The molecule has 5 nitrogen and oxygen atoms in total. The standard InChI is InChI=1S/C17H24N2O3/c1-18(14-17(20)21)12-16-13-19(10-11-22-16)9-5-8-15-6-3-2-4-7-15/h2-8,16H,9-14H2,1H3,(H,20,21)/b8-5+. The fourth-order valence-corrected chi connectivity index (χ4v) is 2.60. The van der Waals surface area contributed by atoms with Crippen LogP contribution < -0.4 is 0 Å². The van der Waals surface area contributed by atoms with Crippen LogP contribution in [0.3, 0.4) is 0 Å². The number of carboxylic acid groups (broad SMARTS) is 1. The second-order valence-corrected chi connectivity index (χ2v) is 5.66. The Morgan fingerprint density at radius 3 is 2.95 bits per heavy atom. The summed E-state index contributed by atoms with van der Waals surface area (Å²) >= 11 is 0. The number of hydrogen-bond acceptors (Lipinski definition) is 4.